The molecule has 0 amide bonds. The molecule has 0 atom stereocenters. The highest BCUT2D eigenvalue weighted by molar-refractivity contribution is 7.14. The summed E-state index contributed by atoms with van der Waals surface area (Å²) in [5.41, 5.74) is 1.15. The van der Waals surface area contributed by atoms with Gasteiger partial charge in [0.05, 0.1) is 11.5 Å². The van der Waals surface area contributed by atoms with Crippen LogP contribution in [0.2, 0.25) is 0 Å². The van der Waals surface area contributed by atoms with E-state index in [4.69, 9.17) is 9.47 Å². The first-order valence-corrected chi connectivity index (χ1v) is 7.79. The first-order chi connectivity index (χ1) is 10.7. The molecular formula is C17H15NO3S. The maximum Gasteiger partial charge on any atom is 0.363 e. The lowest BCUT2D eigenvalue weighted by atomic mass is 10.2. The molecule has 0 aliphatic carbocycles. The predicted molar refractivity (Wildman–Crippen MR) is 87.3 cm³/mol. The highest BCUT2D eigenvalue weighted by Crippen LogP contribution is 2.24. The van der Waals surface area contributed by atoms with Crippen molar-refractivity contribution in [2.24, 2.45) is 4.99 Å². The van der Waals surface area contributed by atoms with Gasteiger partial charge in [0.25, 0.3) is 0 Å². The van der Waals surface area contributed by atoms with Crippen LogP contribution in [0.4, 0.5) is 0 Å². The number of esters is 1. The second kappa shape index (κ2) is 6.15. The van der Waals surface area contributed by atoms with E-state index in [1.165, 1.54) is 0 Å². The van der Waals surface area contributed by atoms with Crippen LogP contribution in [-0.2, 0) is 9.53 Å². The summed E-state index contributed by atoms with van der Waals surface area (Å²) in [6, 6.07) is 11.4. The Balaban J connectivity index is 1.89. The first-order valence-electron chi connectivity index (χ1n) is 6.98. The lowest BCUT2D eigenvalue weighted by Crippen LogP contribution is -2.03. The molecule has 0 spiro atoms. The standard InChI is InChI=1S/C17H15NO3S/c1-3-20-13-6-4-5-12(9-13)10-14-17(19)21-16(18-14)15-8-7-11(2)22-15/h4-10H,3H2,1-2H3. The van der Waals surface area contributed by atoms with Gasteiger partial charge in [-0.1, -0.05) is 12.1 Å². The van der Waals surface area contributed by atoms with Gasteiger partial charge in [-0.3, -0.25) is 0 Å². The topological polar surface area (TPSA) is 47.9 Å². The molecule has 112 valence electrons. The molecule has 4 nitrogen and oxygen atoms in total. The Hall–Kier alpha value is -2.40. The number of rotatable bonds is 4. The summed E-state index contributed by atoms with van der Waals surface area (Å²) in [4.78, 5) is 18.3. The van der Waals surface area contributed by atoms with Gasteiger partial charge < -0.3 is 9.47 Å². The summed E-state index contributed by atoms with van der Waals surface area (Å²) in [5, 5.41) is 0. The Morgan fingerprint density at radius 1 is 1.32 bits per heavy atom. The van der Waals surface area contributed by atoms with Crippen LogP contribution in [0.25, 0.3) is 6.08 Å². The smallest absolute Gasteiger partial charge is 0.363 e. The number of thiophene rings is 1. The Bertz CT molecular complexity index is 774. The van der Waals surface area contributed by atoms with Crippen LogP contribution in [0, 0.1) is 6.92 Å². The van der Waals surface area contributed by atoms with E-state index < -0.39 is 5.97 Å². The third-order valence-corrected chi connectivity index (χ3v) is 4.03. The molecule has 0 N–H and O–H groups in total. The van der Waals surface area contributed by atoms with Gasteiger partial charge in [0.15, 0.2) is 5.70 Å². The van der Waals surface area contributed by atoms with E-state index in [0.717, 1.165) is 21.1 Å². The number of carbonyl (C=O) groups is 1. The number of hydrogen-bond donors (Lipinski definition) is 0. The monoisotopic (exact) mass is 313 g/mol. The van der Waals surface area contributed by atoms with Crippen LogP contribution in [-0.4, -0.2) is 18.5 Å². The summed E-state index contributed by atoms with van der Waals surface area (Å²) in [5.74, 6) is 0.708. The second-order valence-corrected chi connectivity index (χ2v) is 6.04. The van der Waals surface area contributed by atoms with Gasteiger partial charge in [-0.15, -0.1) is 11.3 Å². The Kier molecular flexibility index (Phi) is 4.06. The first kappa shape index (κ1) is 14.5. The Labute approximate surface area is 132 Å². The van der Waals surface area contributed by atoms with E-state index in [2.05, 4.69) is 4.99 Å². The van der Waals surface area contributed by atoms with Crippen molar-refractivity contribution in [3.05, 3.63) is 57.4 Å². The maximum atomic E-state index is 11.9. The number of aliphatic imine (C=N–C) groups is 1. The quantitative estimate of drug-likeness (QED) is 0.637. The number of aryl methyl sites for hydroxylation is 1. The molecule has 0 saturated heterocycles. The maximum absolute atomic E-state index is 11.9. The van der Waals surface area contributed by atoms with Crippen LogP contribution in [0.5, 0.6) is 5.75 Å². The summed E-state index contributed by atoms with van der Waals surface area (Å²) in [6.07, 6.45) is 1.71. The molecule has 2 heterocycles. The van der Waals surface area contributed by atoms with Crippen LogP contribution in [0.1, 0.15) is 22.2 Å². The van der Waals surface area contributed by atoms with Gasteiger partial charge >= 0.3 is 5.97 Å². The highest BCUT2D eigenvalue weighted by Gasteiger charge is 2.24. The van der Waals surface area contributed by atoms with Crippen molar-refractivity contribution in [2.45, 2.75) is 13.8 Å². The molecular weight excluding hydrogens is 298 g/mol. The van der Waals surface area contributed by atoms with Crippen molar-refractivity contribution >= 4 is 29.3 Å². The molecule has 0 unspecified atom stereocenters. The Morgan fingerprint density at radius 3 is 2.91 bits per heavy atom. The van der Waals surface area contributed by atoms with E-state index in [-0.39, 0.29) is 0 Å². The number of nitrogens with zero attached hydrogens (tertiary/aromatic N) is 1. The van der Waals surface area contributed by atoms with Gasteiger partial charge in [0.1, 0.15) is 5.75 Å². The molecule has 1 aromatic heterocycles. The fraction of sp³-hybridized carbons (Fsp3) is 0.176. The van der Waals surface area contributed by atoms with Crippen molar-refractivity contribution in [1.29, 1.82) is 0 Å². The number of cyclic esters (lactones) is 1. The minimum absolute atomic E-state index is 0.301. The van der Waals surface area contributed by atoms with Gasteiger partial charge in [0.2, 0.25) is 5.90 Å². The Morgan fingerprint density at radius 2 is 2.18 bits per heavy atom. The fourth-order valence-corrected chi connectivity index (χ4v) is 2.88. The van der Waals surface area contributed by atoms with Crippen LogP contribution in [0.15, 0.2) is 47.1 Å². The third-order valence-electron chi connectivity index (χ3n) is 3.04. The molecule has 0 bridgehead atoms. The predicted octanol–water partition coefficient (Wildman–Crippen LogP) is 3.80. The van der Waals surface area contributed by atoms with Crippen molar-refractivity contribution in [3.8, 4) is 5.75 Å². The largest absolute Gasteiger partial charge is 0.494 e. The summed E-state index contributed by atoms with van der Waals surface area (Å²) in [6.45, 7) is 4.53. The molecule has 2 aromatic rings. The van der Waals surface area contributed by atoms with Crippen LogP contribution in [0.3, 0.4) is 0 Å². The molecule has 0 radical (unpaired) electrons. The SMILES string of the molecule is CCOc1cccc(C=C2N=C(c3ccc(C)s3)OC2=O)c1. The van der Waals surface area contributed by atoms with Crippen molar-refractivity contribution < 1.29 is 14.3 Å². The van der Waals surface area contributed by atoms with Crippen molar-refractivity contribution in [2.75, 3.05) is 6.61 Å². The molecule has 0 saturated carbocycles. The van der Waals surface area contributed by atoms with E-state index >= 15 is 0 Å². The molecule has 22 heavy (non-hydrogen) atoms. The lowest BCUT2D eigenvalue weighted by Gasteiger charge is -2.03. The molecule has 0 fully saturated rings. The fourth-order valence-electron chi connectivity index (χ4n) is 2.08. The van der Waals surface area contributed by atoms with Gasteiger partial charge in [0, 0.05) is 4.88 Å². The zero-order valence-electron chi connectivity index (χ0n) is 12.3. The number of ether oxygens (including phenoxy) is 2. The van der Waals surface area contributed by atoms with E-state index in [0.29, 0.717) is 18.2 Å². The molecule has 1 aromatic carbocycles. The third kappa shape index (κ3) is 3.09. The van der Waals surface area contributed by atoms with E-state index in [1.54, 1.807) is 17.4 Å². The average molecular weight is 313 g/mol. The molecule has 5 heteroatoms. The van der Waals surface area contributed by atoms with Gasteiger partial charge in [-0.2, -0.15) is 0 Å². The van der Waals surface area contributed by atoms with Crippen molar-refractivity contribution in [1.82, 2.24) is 0 Å². The van der Waals surface area contributed by atoms with Crippen molar-refractivity contribution in [3.63, 3.8) is 0 Å². The number of carbonyl (C=O) groups excluding carboxylic acids is 1. The van der Waals surface area contributed by atoms with Gasteiger partial charge in [-0.05, 0) is 49.8 Å². The summed E-state index contributed by atoms with van der Waals surface area (Å²) in [7, 11) is 0. The van der Waals surface area contributed by atoms with E-state index in [9.17, 15) is 4.79 Å². The average Bonchev–Trinajstić information content (AvgIpc) is 3.07. The normalized spacial score (nSPS) is 15.8. The minimum Gasteiger partial charge on any atom is -0.494 e. The molecule has 1 aliphatic rings. The number of benzene rings is 1. The summed E-state index contributed by atoms with van der Waals surface area (Å²) < 4.78 is 10.7. The zero-order valence-corrected chi connectivity index (χ0v) is 13.1. The minimum atomic E-state index is -0.428. The summed E-state index contributed by atoms with van der Waals surface area (Å²) >= 11 is 1.55. The van der Waals surface area contributed by atoms with Crippen LogP contribution >= 0.6 is 11.3 Å². The molecule has 3 rings (SSSR count). The number of hydrogen-bond acceptors (Lipinski definition) is 5. The molecule has 1 aliphatic heterocycles. The zero-order chi connectivity index (χ0) is 15.5. The lowest BCUT2D eigenvalue weighted by molar-refractivity contribution is -0.129. The highest BCUT2D eigenvalue weighted by atomic mass is 32.1. The second-order valence-electron chi connectivity index (χ2n) is 4.75. The van der Waals surface area contributed by atoms with Crippen LogP contribution < -0.4 is 4.74 Å². The van der Waals surface area contributed by atoms with Gasteiger partial charge in [-0.25, -0.2) is 9.79 Å². The van der Waals surface area contributed by atoms with E-state index in [1.807, 2.05) is 50.2 Å².